The number of hydrogen-bond acceptors (Lipinski definition) is 10. The summed E-state index contributed by atoms with van der Waals surface area (Å²) in [6, 6.07) is 6.91. The van der Waals surface area contributed by atoms with Crippen LogP contribution in [-0.4, -0.2) is 81.9 Å². The Morgan fingerprint density at radius 1 is 1.21 bits per heavy atom. The van der Waals surface area contributed by atoms with Crippen LogP contribution in [0.3, 0.4) is 0 Å². The second-order valence-corrected chi connectivity index (χ2v) is 7.82. The number of H-pyrrole nitrogens is 1. The predicted molar refractivity (Wildman–Crippen MR) is 120 cm³/mol. The summed E-state index contributed by atoms with van der Waals surface area (Å²) in [6.45, 7) is -0.390. The van der Waals surface area contributed by atoms with Gasteiger partial charge in [0.25, 0.3) is 0 Å². The third kappa shape index (κ3) is 4.42. The molecule has 9 N–H and O–H groups in total. The fraction of sp³-hybridized carbons (Fsp3) is 0.333. The zero-order chi connectivity index (χ0) is 24.4. The number of nitrogen functional groups attached to an aromatic ring is 1. The third-order valence-corrected chi connectivity index (χ3v) is 5.61. The lowest BCUT2D eigenvalue weighted by molar-refractivity contribution is -0.138. The van der Waals surface area contributed by atoms with Gasteiger partial charge < -0.3 is 41.6 Å². The molecule has 0 unspecified atom stereocenters. The predicted octanol–water partition coefficient (Wildman–Crippen LogP) is -0.858. The summed E-state index contributed by atoms with van der Waals surface area (Å²) in [5.74, 6) is -0.754. The molecule has 5 rings (SSSR count). The van der Waals surface area contributed by atoms with E-state index in [1.54, 1.807) is 0 Å². The van der Waals surface area contributed by atoms with Crippen LogP contribution in [0.15, 0.2) is 43.1 Å². The SMILES string of the molecule is N[C@@H](Cc1c[nH]c2ccccc12)C(=O)O.Nc1ncnc2c1ncn2[C@@H]1O[C@H](CO)[C@@H](O)[C@H]1O. The number of aromatic amines is 1. The van der Waals surface area contributed by atoms with E-state index in [9.17, 15) is 15.0 Å². The maximum atomic E-state index is 10.6. The van der Waals surface area contributed by atoms with E-state index in [4.69, 9.17) is 26.4 Å². The Hall–Kier alpha value is -3.62. The second kappa shape index (κ2) is 9.70. The largest absolute Gasteiger partial charge is 0.480 e. The molecule has 13 nitrogen and oxygen atoms in total. The topological polar surface area (TPSA) is 219 Å². The van der Waals surface area contributed by atoms with Gasteiger partial charge in [-0.3, -0.25) is 9.36 Å². The van der Waals surface area contributed by atoms with Crippen LogP contribution in [0.4, 0.5) is 5.82 Å². The first kappa shape index (κ1) is 23.5. The van der Waals surface area contributed by atoms with Gasteiger partial charge in [-0.2, -0.15) is 0 Å². The van der Waals surface area contributed by atoms with Crippen LogP contribution in [0, 0.1) is 0 Å². The van der Waals surface area contributed by atoms with Gasteiger partial charge >= 0.3 is 5.97 Å². The Balaban J connectivity index is 0.000000166. The number of anilines is 1. The first-order valence-corrected chi connectivity index (χ1v) is 10.4. The van der Waals surface area contributed by atoms with Crippen molar-refractivity contribution in [3.8, 4) is 0 Å². The molecule has 34 heavy (non-hydrogen) atoms. The molecule has 13 heteroatoms. The van der Waals surface area contributed by atoms with E-state index in [1.807, 2.05) is 30.5 Å². The molecule has 1 aliphatic rings. The number of carboxylic acids is 1. The summed E-state index contributed by atoms with van der Waals surface area (Å²) in [4.78, 5) is 25.6. The molecule has 3 aromatic heterocycles. The Morgan fingerprint density at radius 2 is 1.97 bits per heavy atom. The van der Waals surface area contributed by atoms with Crippen LogP contribution in [0.1, 0.15) is 11.8 Å². The minimum absolute atomic E-state index is 0.218. The summed E-state index contributed by atoms with van der Waals surface area (Å²) >= 11 is 0. The smallest absolute Gasteiger partial charge is 0.320 e. The Labute approximate surface area is 192 Å². The van der Waals surface area contributed by atoms with Gasteiger partial charge in [0, 0.05) is 23.5 Å². The van der Waals surface area contributed by atoms with E-state index in [2.05, 4.69) is 19.9 Å². The lowest BCUT2D eigenvalue weighted by Gasteiger charge is -2.16. The van der Waals surface area contributed by atoms with Gasteiger partial charge in [-0.05, 0) is 11.6 Å². The number of hydrogen-bond donors (Lipinski definition) is 7. The first-order valence-electron chi connectivity index (χ1n) is 10.4. The molecule has 1 saturated heterocycles. The zero-order valence-corrected chi connectivity index (χ0v) is 17.9. The molecule has 0 radical (unpaired) electrons. The summed E-state index contributed by atoms with van der Waals surface area (Å²) in [5.41, 5.74) is 13.9. The molecular formula is C21H25N7O6. The number of benzene rings is 1. The fourth-order valence-electron chi connectivity index (χ4n) is 3.79. The zero-order valence-electron chi connectivity index (χ0n) is 17.9. The fourth-order valence-corrected chi connectivity index (χ4v) is 3.79. The number of aliphatic hydroxyl groups excluding tert-OH is 3. The van der Waals surface area contributed by atoms with Crippen molar-refractivity contribution in [2.24, 2.45) is 5.73 Å². The lowest BCUT2D eigenvalue weighted by atomic mass is 10.1. The number of para-hydroxylation sites is 1. The molecule has 5 atom stereocenters. The van der Waals surface area contributed by atoms with Crippen molar-refractivity contribution in [3.05, 3.63) is 48.7 Å². The molecule has 1 aliphatic heterocycles. The number of ether oxygens (including phenoxy) is 1. The monoisotopic (exact) mass is 471 g/mol. The number of nitrogens with zero attached hydrogens (tertiary/aromatic N) is 4. The highest BCUT2D eigenvalue weighted by Crippen LogP contribution is 2.31. The molecule has 0 bridgehead atoms. The molecule has 4 aromatic rings. The lowest BCUT2D eigenvalue weighted by Crippen LogP contribution is -2.33. The van der Waals surface area contributed by atoms with E-state index >= 15 is 0 Å². The normalized spacial score (nSPS) is 23.1. The number of rotatable bonds is 5. The van der Waals surface area contributed by atoms with Crippen LogP contribution in [0.5, 0.6) is 0 Å². The molecule has 0 saturated carbocycles. The molecular weight excluding hydrogens is 446 g/mol. The highest BCUT2D eigenvalue weighted by Gasteiger charge is 2.43. The minimum Gasteiger partial charge on any atom is -0.480 e. The molecule has 1 fully saturated rings. The van der Waals surface area contributed by atoms with Crippen molar-refractivity contribution < 1.29 is 30.0 Å². The standard InChI is InChI=1S/C11H12N2O2.C10H13N5O4/c12-9(11(14)15)5-7-6-13-10-4-2-1-3-8(7)10;11-8-5-9(13-2-12-8)15(3-14-5)10-7(18)6(17)4(1-16)19-10/h1-4,6,9,13H,5,12H2,(H,14,15);2-4,6-7,10,16-18H,1H2,(H2,11,12,13)/t9-;4-,6-,7-,10-/m01/s1. The van der Waals surface area contributed by atoms with E-state index in [-0.39, 0.29) is 5.82 Å². The van der Waals surface area contributed by atoms with Crippen LogP contribution >= 0.6 is 0 Å². The summed E-state index contributed by atoms with van der Waals surface area (Å²) in [6.07, 6.45) is 0.737. The van der Waals surface area contributed by atoms with Crippen molar-refractivity contribution in [2.45, 2.75) is 37.0 Å². The first-order chi connectivity index (χ1) is 16.3. The number of aliphatic carboxylic acids is 1. The number of aromatic nitrogens is 5. The average molecular weight is 471 g/mol. The van der Waals surface area contributed by atoms with Gasteiger partial charge in [0.05, 0.1) is 12.9 Å². The highest BCUT2D eigenvalue weighted by atomic mass is 16.6. The van der Waals surface area contributed by atoms with Gasteiger partial charge in [-0.15, -0.1) is 0 Å². The summed E-state index contributed by atoms with van der Waals surface area (Å²) in [7, 11) is 0. The molecule has 0 aliphatic carbocycles. The average Bonchev–Trinajstić information content (AvgIpc) is 3.52. The quantitative estimate of drug-likeness (QED) is 0.190. The van der Waals surface area contributed by atoms with Gasteiger partial charge in [-0.25, -0.2) is 15.0 Å². The van der Waals surface area contributed by atoms with Crippen molar-refractivity contribution in [3.63, 3.8) is 0 Å². The minimum atomic E-state index is -1.19. The van der Waals surface area contributed by atoms with Crippen molar-refractivity contribution in [1.29, 1.82) is 0 Å². The van der Waals surface area contributed by atoms with Crippen LogP contribution in [0.2, 0.25) is 0 Å². The highest BCUT2D eigenvalue weighted by molar-refractivity contribution is 5.84. The maximum Gasteiger partial charge on any atom is 0.320 e. The maximum absolute atomic E-state index is 10.6. The van der Waals surface area contributed by atoms with E-state index < -0.39 is 43.2 Å². The van der Waals surface area contributed by atoms with Gasteiger partial charge in [0.1, 0.15) is 36.2 Å². The number of carbonyl (C=O) groups is 1. The Bertz CT molecular complexity index is 1290. The Kier molecular flexibility index (Phi) is 6.72. The van der Waals surface area contributed by atoms with Crippen molar-refractivity contribution >= 4 is 33.9 Å². The van der Waals surface area contributed by atoms with Crippen LogP contribution < -0.4 is 11.5 Å². The number of nitrogens with two attached hydrogens (primary N) is 2. The number of aliphatic hydroxyl groups is 3. The molecule has 4 heterocycles. The third-order valence-electron chi connectivity index (χ3n) is 5.61. The summed E-state index contributed by atoms with van der Waals surface area (Å²) in [5, 5.41) is 38.5. The molecule has 0 amide bonds. The van der Waals surface area contributed by atoms with Crippen molar-refractivity contribution in [1.82, 2.24) is 24.5 Å². The second-order valence-electron chi connectivity index (χ2n) is 7.82. The number of nitrogens with one attached hydrogen (secondary N) is 1. The number of imidazole rings is 1. The Morgan fingerprint density at radius 3 is 2.68 bits per heavy atom. The van der Waals surface area contributed by atoms with Crippen LogP contribution in [-0.2, 0) is 16.0 Å². The van der Waals surface area contributed by atoms with Gasteiger partial charge in [-0.1, -0.05) is 18.2 Å². The molecule has 180 valence electrons. The van der Waals surface area contributed by atoms with Gasteiger partial charge in [0.2, 0.25) is 0 Å². The number of fused-ring (bicyclic) bond motifs is 2. The van der Waals surface area contributed by atoms with Gasteiger partial charge in [0.15, 0.2) is 17.7 Å². The number of carboxylic acid groups (broad SMARTS) is 1. The van der Waals surface area contributed by atoms with Crippen LogP contribution in [0.25, 0.3) is 22.1 Å². The van der Waals surface area contributed by atoms with E-state index in [0.717, 1.165) is 16.5 Å². The molecule has 0 spiro atoms. The van der Waals surface area contributed by atoms with E-state index in [1.165, 1.54) is 17.2 Å². The summed E-state index contributed by atoms with van der Waals surface area (Å²) < 4.78 is 6.85. The van der Waals surface area contributed by atoms with Crippen molar-refractivity contribution in [2.75, 3.05) is 12.3 Å². The molecule has 1 aromatic carbocycles. The van der Waals surface area contributed by atoms with E-state index in [0.29, 0.717) is 17.6 Å².